The van der Waals surface area contributed by atoms with Gasteiger partial charge in [0.2, 0.25) is 0 Å². The molecule has 0 fully saturated rings. The highest BCUT2D eigenvalue weighted by Crippen LogP contribution is 2.25. The Morgan fingerprint density at radius 1 is 1.50 bits per heavy atom. The lowest BCUT2D eigenvalue weighted by Crippen LogP contribution is -2.20. The minimum atomic E-state index is -0.0662. The van der Waals surface area contributed by atoms with Crippen molar-refractivity contribution < 1.29 is 4.74 Å². The number of hydrogen-bond acceptors (Lipinski definition) is 5. The number of thioether (sulfide) groups is 1. The molecule has 16 heavy (non-hydrogen) atoms. The highest BCUT2D eigenvalue weighted by molar-refractivity contribution is 7.98. The molecule has 0 aromatic carbocycles. The number of fused-ring (bicyclic) bond motifs is 2. The second-order valence-electron chi connectivity index (χ2n) is 3.43. The molecule has 0 atom stereocenters. The molecule has 0 bridgehead atoms. The monoisotopic (exact) mass is 238 g/mol. The lowest BCUT2D eigenvalue weighted by molar-refractivity contribution is 0.313. The summed E-state index contributed by atoms with van der Waals surface area (Å²) in [6.45, 7) is 2.37. The summed E-state index contributed by atoms with van der Waals surface area (Å²) in [7, 11) is 0. The molecule has 2 aromatic heterocycles. The van der Waals surface area contributed by atoms with E-state index in [1.165, 1.54) is 4.52 Å². The Hall–Kier alpha value is -1.50. The number of aromatic amines is 1. The number of nitrogens with one attached hydrogen (secondary N) is 1. The third-order valence-corrected chi connectivity index (χ3v) is 3.39. The van der Waals surface area contributed by atoms with Crippen LogP contribution in [0.15, 0.2) is 4.79 Å². The molecular formula is C9H10N4O2S. The molecule has 0 radical (unpaired) electrons. The molecular weight excluding hydrogens is 228 g/mol. The molecule has 7 heteroatoms. The fraction of sp³-hybridized carbons (Fsp3) is 0.444. The van der Waals surface area contributed by atoms with E-state index in [-0.39, 0.29) is 5.56 Å². The Morgan fingerprint density at radius 2 is 2.38 bits per heavy atom. The van der Waals surface area contributed by atoms with Crippen molar-refractivity contribution in [2.45, 2.75) is 18.4 Å². The molecule has 0 spiro atoms. The Labute approximate surface area is 95.0 Å². The zero-order chi connectivity index (χ0) is 11.1. The van der Waals surface area contributed by atoms with Crippen LogP contribution in [0.1, 0.15) is 18.2 Å². The first-order valence-electron chi connectivity index (χ1n) is 5.00. The SMILES string of the molecule is CCOc1nc2nc3c(c(=O)n2[nH]1)CSC3. The molecule has 1 aliphatic heterocycles. The summed E-state index contributed by atoms with van der Waals surface area (Å²) in [5.74, 6) is 1.90. The summed E-state index contributed by atoms with van der Waals surface area (Å²) < 4.78 is 6.55. The van der Waals surface area contributed by atoms with E-state index in [2.05, 4.69) is 15.1 Å². The van der Waals surface area contributed by atoms with Gasteiger partial charge < -0.3 is 4.74 Å². The molecule has 2 aromatic rings. The van der Waals surface area contributed by atoms with Crippen molar-refractivity contribution in [2.75, 3.05) is 6.61 Å². The first-order valence-corrected chi connectivity index (χ1v) is 6.16. The van der Waals surface area contributed by atoms with Gasteiger partial charge in [0, 0.05) is 11.5 Å². The van der Waals surface area contributed by atoms with Crippen LogP contribution in [0, 0.1) is 0 Å². The molecule has 0 saturated heterocycles. The van der Waals surface area contributed by atoms with E-state index in [1.807, 2.05) is 6.92 Å². The zero-order valence-electron chi connectivity index (χ0n) is 8.69. The van der Waals surface area contributed by atoms with Gasteiger partial charge in [0.25, 0.3) is 11.3 Å². The van der Waals surface area contributed by atoms with Crippen LogP contribution in [0.2, 0.25) is 0 Å². The van der Waals surface area contributed by atoms with Gasteiger partial charge in [0.1, 0.15) is 0 Å². The Morgan fingerprint density at radius 3 is 3.19 bits per heavy atom. The quantitative estimate of drug-likeness (QED) is 0.827. The van der Waals surface area contributed by atoms with Crippen LogP contribution in [-0.2, 0) is 11.5 Å². The van der Waals surface area contributed by atoms with Gasteiger partial charge in [-0.3, -0.25) is 4.79 Å². The predicted octanol–water partition coefficient (Wildman–Crippen LogP) is 0.563. The minimum Gasteiger partial charge on any atom is -0.464 e. The lowest BCUT2D eigenvalue weighted by atomic mass is 10.3. The van der Waals surface area contributed by atoms with Gasteiger partial charge in [-0.05, 0) is 6.92 Å². The maximum atomic E-state index is 12.0. The van der Waals surface area contributed by atoms with Crippen LogP contribution < -0.4 is 10.3 Å². The first-order chi connectivity index (χ1) is 7.79. The number of ether oxygens (including phenoxy) is 1. The predicted molar refractivity (Wildman–Crippen MR) is 59.8 cm³/mol. The second-order valence-corrected chi connectivity index (χ2v) is 4.42. The van der Waals surface area contributed by atoms with Gasteiger partial charge >= 0.3 is 6.01 Å². The molecule has 1 aliphatic rings. The Balaban J connectivity index is 2.25. The van der Waals surface area contributed by atoms with E-state index in [4.69, 9.17) is 4.74 Å². The molecule has 0 amide bonds. The number of nitrogens with zero attached hydrogens (tertiary/aromatic N) is 3. The molecule has 0 saturated carbocycles. The molecule has 3 heterocycles. The van der Waals surface area contributed by atoms with Gasteiger partial charge in [-0.25, -0.2) is 10.1 Å². The van der Waals surface area contributed by atoms with Crippen LogP contribution in [0.5, 0.6) is 6.01 Å². The fourth-order valence-electron chi connectivity index (χ4n) is 1.69. The lowest BCUT2D eigenvalue weighted by Gasteiger charge is -1.96. The van der Waals surface area contributed by atoms with Crippen LogP contribution >= 0.6 is 11.8 Å². The second kappa shape index (κ2) is 3.51. The fourth-order valence-corrected chi connectivity index (χ4v) is 2.72. The molecule has 6 nitrogen and oxygen atoms in total. The van der Waals surface area contributed by atoms with Gasteiger partial charge in [-0.2, -0.15) is 21.3 Å². The van der Waals surface area contributed by atoms with E-state index >= 15 is 0 Å². The normalized spacial score (nSPS) is 14.3. The highest BCUT2D eigenvalue weighted by atomic mass is 32.2. The summed E-state index contributed by atoms with van der Waals surface area (Å²) in [4.78, 5) is 20.5. The van der Waals surface area contributed by atoms with Gasteiger partial charge in [-0.1, -0.05) is 0 Å². The van der Waals surface area contributed by atoms with Crippen molar-refractivity contribution in [3.05, 3.63) is 21.6 Å². The highest BCUT2D eigenvalue weighted by Gasteiger charge is 2.20. The average molecular weight is 238 g/mol. The van der Waals surface area contributed by atoms with Crippen LogP contribution in [0.25, 0.3) is 5.78 Å². The average Bonchev–Trinajstić information content (AvgIpc) is 2.85. The van der Waals surface area contributed by atoms with E-state index < -0.39 is 0 Å². The maximum Gasteiger partial charge on any atom is 0.312 e. The number of rotatable bonds is 2. The number of aromatic nitrogens is 4. The minimum absolute atomic E-state index is 0.0662. The van der Waals surface area contributed by atoms with E-state index in [9.17, 15) is 4.79 Å². The first kappa shape index (κ1) is 9.71. The molecule has 0 aliphatic carbocycles. The van der Waals surface area contributed by atoms with Crippen molar-refractivity contribution >= 4 is 17.5 Å². The standard InChI is InChI=1S/C9H10N4O2S/c1-2-15-9-11-8-10-6-4-16-3-5(6)7(14)13(8)12-9/h2-4H2,1H3,(H,10,11,12). The molecule has 84 valence electrons. The summed E-state index contributed by atoms with van der Waals surface area (Å²) in [5, 5.41) is 2.79. The summed E-state index contributed by atoms with van der Waals surface area (Å²) in [6, 6.07) is 0.337. The molecule has 1 N–H and O–H groups in total. The van der Waals surface area contributed by atoms with E-state index in [0.29, 0.717) is 18.4 Å². The van der Waals surface area contributed by atoms with Crippen LogP contribution in [0.4, 0.5) is 0 Å². The smallest absolute Gasteiger partial charge is 0.312 e. The van der Waals surface area contributed by atoms with Crippen molar-refractivity contribution in [1.82, 2.24) is 19.6 Å². The van der Waals surface area contributed by atoms with Gasteiger partial charge in [0.15, 0.2) is 0 Å². The van der Waals surface area contributed by atoms with Crippen LogP contribution in [-0.4, -0.2) is 26.2 Å². The number of H-pyrrole nitrogens is 1. The van der Waals surface area contributed by atoms with Crippen LogP contribution in [0.3, 0.4) is 0 Å². The molecule has 0 unspecified atom stereocenters. The largest absolute Gasteiger partial charge is 0.464 e. The third-order valence-electron chi connectivity index (χ3n) is 2.42. The van der Waals surface area contributed by atoms with Crippen molar-refractivity contribution in [3.63, 3.8) is 0 Å². The third kappa shape index (κ3) is 1.31. The Kier molecular flexibility index (Phi) is 2.13. The Bertz CT molecular complexity index is 603. The van der Waals surface area contributed by atoms with Crippen molar-refractivity contribution in [1.29, 1.82) is 0 Å². The van der Waals surface area contributed by atoms with Crippen molar-refractivity contribution in [3.8, 4) is 6.01 Å². The van der Waals surface area contributed by atoms with E-state index in [1.54, 1.807) is 11.8 Å². The summed E-state index contributed by atoms with van der Waals surface area (Å²) in [5.41, 5.74) is 1.56. The summed E-state index contributed by atoms with van der Waals surface area (Å²) >= 11 is 1.70. The number of hydrogen-bond donors (Lipinski definition) is 1. The zero-order valence-corrected chi connectivity index (χ0v) is 9.50. The summed E-state index contributed by atoms with van der Waals surface area (Å²) in [6.07, 6.45) is 0. The van der Waals surface area contributed by atoms with Gasteiger partial charge in [-0.15, -0.1) is 0 Å². The van der Waals surface area contributed by atoms with Gasteiger partial charge in [0.05, 0.1) is 17.9 Å². The van der Waals surface area contributed by atoms with Crippen molar-refractivity contribution in [2.24, 2.45) is 0 Å². The maximum absolute atomic E-state index is 12.0. The topological polar surface area (TPSA) is 72.3 Å². The van der Waals surface area contributed by atoms with E-state index in [0.717, 1.165) is 22.8 Å². The molecule has 3 rings (SSSR count).